The van der Waals surface area contributed by atoms with Crippen molar-refractivity contribution in [3.63, 3.8) is 0 Å². The van der Waals surface area contributed by atoms with Crippen molar-refractivity contribution in [3.8, 4) is 17.2 Å². The Bertz CT molecular complexity index is 933. The summed E-state index contributed by atoms with van der Waals surface area (Å²) in [5.41, 5.74) is 1.37. The lowest BCUT2D eigenvalue weighted by Crippen LogP contribution is -2.50. The quantitative estimate of drug-likeness (QED) is 0.654. The number of hydrogen-bond acceptors (Lipinski definition) is 5. The maximum atomic E-state index is 12.2. The van der Waals surface area contributed by atoms with Gasteiger partial charge in [-0.1, -0.05) is 56.3 Å². The second kappa shape index (κ2) is 10.2. The average Bonchev–Trinajstić information content (AvgIpc) is 2.76. The van der Waals surface area contributed by atoms with Gasteiger partial charge in [0.1, 0.15) is 12.1 Å². The third-order valence-electron chi connectivity index (χ3n) is 4.80. The summed E-state index contributed by atoms with van der Waals surface area (Å²) in [7, 11) is 0. The molecular formula is C23H25N3O4. The summed E-state index contributed by atoms with van der Waals surface area (Å²) >= 11 is 0. The molecule has 0 saturated carbocycles. The highest BCUT2D eigenvalue weighted by Crippen LogP contribution is 2.19. The highest BCUT2D eigenvalue weighted by atomic mass is 16.5. The van der Waals surface area contributed by atoms with Gasteiger partial charge in [0.2, 0.25) is 0 Å². The van der Waals surface area contributed by atoms with Crippen molar-refractivity contribution in [2.75, 3.05) is 13.2 Å². The van der Waals surface area contributed by atoms with Gasteiger partial charge in [-0.25, -0.2) is 0 Å². The van der Waals surface area contributed by atoms with Crippen LogP contribution in [0.3, 0.4) is 0 Å². The van der Waals surface area contributed by atoms with Gasteiger partial charge in [-0.2, -0.15) is 5.26 Å². The topological polar surface area (TPSA) is 108 Å². The van der Waals surface area contributed by atoms with Crippen LogP contribution in [0.25, 0.3) is 11.1 Å². The molecule has 0 radical (unpaired) electrons. The molecule has 0 saturated heterocycles. The zero-order valence-electron chi connectivity index (χ0n) is 17.3. The lowest BCUT2D eigenvalue weighted by molar-refractivity contribution is -0.147. The third kappa shape index (κ3) is 6.17. The van der Waals surface area contributed by atoms with E-state index in [-0.39, 0.29) is 12.5 Å². The minimum atomic E-state index is -1.05. The second-order valence-corrected chi connectivity index (χ2v) is 7.30. The molecule has 2 aromatic carbocycles. The molecule has 0 bridgehead atoms. The number of nitrogens with one attached hydrogen (secondary N) is 2. The normalized spacial score (nSPS) is 12.4. The van der Waals surface area contributed by atoms with E-state index in [1.54, 1.807) is 32.9 Å². The molecule has 2 aromatic rings. The summed E-state index contributed by atoms with van der Waals surface area (Å²) in [6.07, 6.45) is 0. The molecule has 0 aliphatic heterocycles. The van der Waals surface area contributed by atoms with E-state index in [1.807, 2.05) is 48.5 Å². The Morgan fingerprint density at radius 3 is 2.20 bits per heavy atom. The van der Waals surface area contributed by atoms with E-state index >= 15 is 0 Å². The van der Waals surface area contributed by atoms with Crippen LogP contribution in [-0.4, -0.2) is 36.5 Å². The molecule has 30 heavy (non-hydrogen) atoms. The molecule has 0 fully saturated rings. The van der Waals surface area contributed by atoms with Crippen molar-refractivity contribution in [2.45, 2.75) is 26.3 Å². The SMILES string of the molecule is CC(C)[C@@](C)(C#N)NC(=O)COC(=O)CNC(=O)c1ccc(-c2ccccc2)cc1. The van der Waals surface area contributed by atoms with Crippen LogP contribution in [0.5, 0.6) is 0 Å². The Kier molecular flexibility index (Phi) is 7.70. The molecule has 0 aliphatic rings. The number of nitrogens with zero attached hydrogens (tertiary/aromatic N) is 1. The molecule has 0 spiro atoms. The molecule has 7 heteroatoms. The van der Waals surface area contributed by atoms with Crippen molar-refractivity contribution < 1.29 is 19.1 Å². The maximum absolute atomic E-state index is 12.2. The van der Waals surface area contributed by atoms with Crippen LogP contribution < -0.4 is 10.6 Å². The van der Waals surface area contributed by atoms with Crippen molar-refractivity contribution in [3.05, 3.63) is 60.2 Å². The van der Waals surface area contributed by atoms with Crippen LogP contribution in [0.1, 0.15) is 31.1 Å². The highest BCUT2D eigenvalue weighted by Gasteiger charge is 2.30. The van der Waals surface area contributed by atoms with Gasteiger partial charge in [0.25, 0.3) is 11.8 Å². The molecule has 2 rings (SSSR count). The van der Waals surface area contributed by atoms with Gasteiger partial charge in [0.05, 0.1) is 6.07 Å². The smallest absolute Gasteiger partial charge is 0.325 e. The lowest BCUT2D eigenvalue weighted by Gasteiger charge is -2.27. The summed E-state index contributed by atoms with van der Waals surface area (Å²) in [6.45, 7) is 4.31. The number of ether oxygens (including phenoxy) is 1. The number of amides is 2. The molecular weight excluding hydrogens is 382 g/mol. The average molecular weight is 407 g/mol. The van der Waals surface area contributed by atoms with Crippen molar-refractivity contribution >= 4 is 17.8 Å². The Morgan fingerprint density at radius 1 is 1.03 bits per heavy atom. The van der Waals surface area contributed by atoms with E-state index < -0.39 is 29.9 Å². The first-order valence-electron chi connectivity index (χ1n) is 9.56. The fourth-order valence-electron chi connectivity index (χ4n) is 2.52. The first-order valence-corrected chi connectivity index (χ1v) is 9.56. The molecule has 7 nitrogen and oxygen atoms in total. The number of carbonyl (C=O) groups excluding carboxylic acids is 3. The van der Waals surface area contributed by atoms with Gasteiger partial charge in [0, 0.05) is 5.56 Å². The van der Waals surface area contributed by atoms with Gasteiger partial charge in [-0.3, -0.25) is 14.4 Å². The van der Waals surface area contributed by atoms with Gasteiger partial charge < -0.3 is 15.4 Å². The summed E-state index contributed by atoms with van der Waals surface area (Å²) in [5, 5.41) is 14.2. The van der Waals surface area contributed by atoms with Crippen LogP contribution in [0, 0.1) is 17.2 Å². The molecule has 156 valence electrons. The summed E-state index contributed by atoms with van der Waals surface area (Å²) in [5.74, 6) is -1.87. The molecule has 0 aromatic heterocycles. The standard InChI is InChI=1S/C23H25N3O4/c1-16(2)23(3,15-24)26-20(27)14-30-21(28)13-25-22(29)19-11-9-18(10-12-19)17-7-5-4-6-8-17/h4-12,16H,13-14H2,1-3H3,(H,25,29)(H,26,27)/t23-/m1/s1. The van der Waals surface area contributed by atoms with Crippen molar-refractivity contribution in [2.24, 2.45) is 5.92 Å². The molecule has 0 unspecified atom stereocenters. The molecule has 2 N–H and O–H groups in total. The minimum absolute atomic E-state index is 0.116. The number of esters is 1. The molecule has 1 atom stereocenters. The van der Waals surface area contributed by atoms with E-state index in [1.165, 1.54) is 0 Å². The van der Waals surface area contributed by atoms with E-state index in [0.29, 0.717) is 5.56 Å². The monoisotopic (exact) mass is 407 g/mol. The zero-order chi connectivity index (χ0) is 22.1. The molecule has 0 aliphatic carbocycles. The predicted molar refractivity (Wildman–Crippen MR) is 112 cm³/mol. The summed E-state index contributed by atoms with van der Waals surface area (Å²) < 4.78 is 4.86. The predicted octanol–water partition coefficient (Wildman–Crippen LogP) is 2.68. The largest absolute Gasteiger partial charge is 0.454 e. The third-order valence-corrected chi connectivity index (χ3v) is 4.80. The first-order chi connectivity index (χ1) is 14.2. The van der Waals surface area contributed by atoms with E-state index in [0.717, 1.165) is 11.1 Å². The Hall–Kier alpha value is -3.66. The molecule has 0 heterocycles. The number of benzene rings is 2. The fraction of sp³-hybridized carbons (Fsp3) is 0.304. The first kappa shape index (κ1) is 22.6. The Morgan fingerprint density at radius 2 is 1.63 bits per heavy atom. The maximum Gasteiger partial charge on any atom is 0.325 e. The minimum Gasteiger partial charge on any atom is -0.454 e. The fourth-order valence-corrected chi connectivity index (χ4v) is 2.52. The zero-order valence-corrected chi connectivity index (χ0v) is 17.3. The summed E-state index contributed by atoms with van der Waals surface area (Å²) in [6, 6.07) is 18.8. The van der Waals surface area contributed by atoms with Gasteiger partial charge in [-0.15, -0.1) is 0 Å². The Balaban J connectivity index is 1.80. The van der Waals surface area contributed by atoms with Crippen LogP contribution in [-0.2, 0) is 14.3 Å². The van der Waals surface area contributed by atoms with E-state index in [9.17, 15) is 19.6 Å². The second-order valence-electron chi connectivity index (χ2n) is 7.30. The van der Waals surface area contributed by atoms with Crippen LogP contribution >= 0.6 is 0 Å². The van der Waals surface area contributed by atoms with Crippen LogP contribution in [0.15, 0.2) is 54.6 Å². The van der Waals surface area contributed by atoms with Crippen LogP contribution in [0.4, 0.5) is 0 Å². The number of rotatable bonds is 8. The van der Waals surface area contributed by atoms with E-state index in [4.69, 9.17) is 4.74 Å². The van der Waals surface area contributed by atoms with Gasteiger partial charge in [-0.05, 0) is 36.1 Å². The Labute approximate surface area is 176 Å². The van der Waals surface area contributed by atoms with Crippen molar-refractivity contribution in [1.29, 1.82) is 5.26 Å². The van der Waals surface area contributed by atoms with Crippen LogP contribution in [0.2, 0.25) is 0 Å². The van der Waals surface area contributed by atoms with E-state index in [2.05, 4.69) is 10.6 Å². The number of carbonyl (C=O) groups is 3. The highest BCUT2D eigenvalue weighted by molar-refractivity contribution is 5.96. The van der Waals surface area contributed by atoms with Gasteiger partial charge in [0.15, 0.2) is 6.61 Å². The lowest BCUT2D eigenvalue weighted by atomic mass is 9.90. The molecule has 2 amide bonds. The number of hydrogen-bond donors (Lipinski definition) is 2. The van der Waals surface area contributed by atoms with Gasteiger partial charge >= 0.3 is 5.97 Å². The van der Waals surface area contributed by atoms with Crippen molar-refractivity contribution in [1.82, 2.24) is 10.6 Å². The summed E-state index contributed by atoms with van der Waals surface area (Å²) in [4.78, 5) is 35.9. The number of nitriles is 1.